The number of rotatable bonds is 12. The fraction of sp³-hybridized carbons (Fsp3) is 0.481. The number of sulfonamides is 1. The van der Waals surface area contributed by atoms with Crippen LogP contribution < -0.4 is 4.80 Å². The molecule has 0 saturated heterocycles. The summed E-state index contributed by atoms with van der Waals surface area (Å²) >= 11 is 1.48. The molecule has 0 N–H and O–H groups in total. The smallest absolute Gasteiger partial charge is 0.279 e. The van der Waals surface area contributed by atoms with E-state index in [2.05, 4.69) is 24.0 Å². The minimum Gasteiger partial charge on any atom is -0.383 e. The third kappa shape index (κ3) is 6.51. The first-order valence-corrected chi connectivity index (χ1v) is 14.8. The minimum atomic E-state index is -3.61. The summed E-state index contributed by atoms with van der Waals surface area (Å²) in [4.78, 5) is 18.3. The van der Waals surface area contributed by atoms with Gasteiger partial charge in [0.1, 0.15) is 0 Å². The maximum Gasteiger partial charge on any atom is 0.279 e. The Balaban J connectivity index is 1.94. The van der Waals surface area contributed by atoms with Crippen molar-refractivity contribution in [3.63, 3.8) is 0 Å². The second kappa shape index (κ2) is 12.8. The lowest BCUT2D eigenvalue weighted by Crippen LogP contribution is -2.33. The third-order valence-electron chi connectivity index (χ3n) is 6.09. The highest BCUT2D eigenvalue weighted by molar-refractivity contribution is 7.89. The van der Waals surface area contributed by atoms with E-state index in [1.54, 1.807) is 23.5 Å². The zero-order valence-electron chi connectivity index (χ0n) is 21.9. The third-order valence-corrected chi connectivity index (χ3v) is 9.23. The SMILES string of the molecule is CCCCN(CCCC)S(=O)(=O)c1ccc(C(=O)N=c2sc3c(C)cc(C)cc3n2CCOC)cc1. The van der Waals surface area contributed by atoms with E-state index in [-0.39, 0.29) is 4.90 Å². The lowest BCUT2D eigenvalue weighted by atomic mass is 10.1. The van der Waals surface area contributed by atoms with E-state index in [0.29, 0.717) is 36.6 Å². The lowest BCUT2D eigenvalue weighted by Gasteiger charge is -2.22. The molecular formula is C27H37N3O4S2. The largest absolute Gasteiger partial charge is 0.383 e. The molecule has 7 nitrogen and oxygen atoms in total. The number of carbonyl (C=O) groups excluding carboxylic acids is 1. The van der Waals surface area contributed by atoms with E-state index in [9.17, 15) is 13.2 Å². The molecule has 196 valence electrons. The van der Waals surface area contributed by atoms with E-state index in [0.717, 1.165) is 47.0 Å². The van der Waals surface area contributed by atoms with Crippen LogP contribution in [0.3, 0.4) is 0 Å². The Labute approximate surface area is 218 Å². The Hall–Kier alpha value is -2.33. The van der Waals surface area contributed by atoms with Gasteiger partial charge in [0.25, 0.3) is 5.91 Å². The fourth-order valence-electron chi connectivity index (χ4n) is 4.09. The molecule has 9 heteroatoms. The van der Waals surface area contributed by atoms with Gasteiger partial charge in [0.05, 0.1) is 21.7 Å². The number of nitrogens with zero attached hydrogens (tertiary/aromatic N) is 3. The maximum absolute atomic E-state index is 13.2. The molecule has 2 aromatic carbocycles. The molecule has 0 unspecified atom stereocenters. The summed E-state index contributed by atoms with van der Waals surface area (Å²) in [6.07, 6.45) is 3.48. The molecule has 1 amide bonds. The van der Waals surface area contributed by atoms with Gasteiger partial charge in [-0.05, 0) is 68.1 Å². The van der Waals surface area contributed by atoms with Crippen molar-refractivity contribution in [1.29, 1.82) is 0 Å². The van der Waals surface area contributed by atoms with Crippen LogP contribution in [0.25, 0.3) is 10.2 Å². The number of hydrogen-bond donors (Lipinski definition) is 0. The second-order valence-electron chi connectivity index (χ2n) is 9.01. The van der Waals surface area contributed by atoms with Gasteiger partial charge in [-0.1, -0.05) is 44.1 Å². The van der Waals surface area contributed by atoms with E-state index in [1.165, 1.54) is 23.5 Å². The number of benzene rings is 2. The number of fused-ring (bicyclic) bond motifs is 1. The topological polar surface area (TPSA) is 81.0 Å². The Morgan fingerprint density at radius 2 is 1.69 bits per heavy atom. The standard InChI is InChI=1S/C27H37N3O4S2/c1-6-8-14-29(15-9-7-2)36(32,33)23-12-10-22(11-13-23)26(31)28-27-30(16-17-34-5)24-19-20(3)18-21(4)25(24)35-27/h10-13,18-19H,6-9,14-17H2,1-5H3. The Bertz CT molecular complexity index is 1350. The Morgan fingerprint density at radius 3 is 2.28 bits per heavy atom. The van der Waals surface area contributed by atoms with Gasteiger partial charge in [-0.25, -0.2) is 8.42 Å². The van der Waals surface area contributed by atoms with Crippen LogP contribution in [0.1, 0.15) is 61.0 Å². The monoisotopic (exact) mass is 531 g/mol. The summed E-state index contributed by atoms with van der Waals surface area (Å²) in [7, 11) is -1.97. The predicted molar refractivity (Wildman–Crippen MR) is 146 cm³/mol. The molecule has 1 aromatic heterocycles. The van der Waals surface area contributed by atoms with Gasteiger partial charge in [0.15, 0.2) is 4.80 Å². The van der Waals surface area contributed by atoms with Crippen molar-refractivity contribution >= 4 is 37.5 Å². The second-order valence-corrected chi connectivity index (χ2v) is 11.9. The average molecular weight is 532 g/mol. The molecular weight excluding hydrogens is 494 g/mol. The van der Waals surface area contributed by atoms with Crippen LogP contribution in [-0.4, -0.2) is 50.0 Å². The first-order chi connectivity index (χ1) is 17.2. The van der Waals surface area contributed by atoms with Gasteiger partial charge in [-0.3, -0.25) is 4.79 Å². The quantitative estimate of drug-likeness (QED) is 0.318. The van der Waals surface area contributed by atoms with Gasteiger partial charge in [-0.15, -0.1) is 0 Å². The maximum atomic E-state index is 13.2. The van der Waals surface area contributed by atoms with E-state index >= 15 is 0 Å². The van der Waals surface area contributed by atoms with Crippen molar-refractivity contribution < 1.29 is 17.9 Å². The Kier molecular flexibility index (Phi) is 10.0. The molecule has 0 saturated carbocycles. The molecule has 0 aliphatic carbocycles. The van der Waals surface area contributed by atoms with E-state index in [1.807, 2.05) is 25.3 Å². The summed E-state index contributed by atoms with van der Waals surface area (Å²) in [5, 5.41) is 0. The van der Waals surface area contributed by atoms with E-state index in [4.69, 9.17) is 4.74 Å². The molecule has 3 rings (SSSR count). The Morgan fingerprint density at radius 1 is 1.06 bits per heavy atom. The molecule has 36 heavy (non-hydrogen) atoms. The number of methoxy groups -OCH3 is 1. The number of carbonyl (C=O) groups is 1. The van der Waals surface area contributed by atoms with Crippen LogP contribution in [0.4, 0.5) is 0 Å². The number of hydrogen-bond acceptors (Lipinski definition) is 5. The molecule has 3 aromatic rings. The highest BCUT2D eigenvalue weighted by Gasteiger charge is 2.24. The van der Waals surface area contributed by atoms with Crippen molar-refractivity contribution in [2.24, 2.45) is 4.99 Å². The number of ether oxygens (including phenoxy) is 1. The number of thiazole rings is 1. The molecule has 0 fully saturated rings. The molecule has 0 radical (unpaired) electrons. The molecule has 0 bridgehead atoms. The summed E-state index contributed by atoms with van der Waals surface area (Å²) in [6.45, 7) is 10.3. The minimum absolute atomic E-state index is 0.203. The number of amides is 1. The van der Waals surface area contributed by atoms with Crippen LogP contribution in [-0.2, 0) is 21.3 Å². The summed E-state index contributed by atoms with van der Waals surface area (Å²) in [5.41, 5.74) is 3.67. The van der Waals surface area contributed by atoms with Crippen LogP contribution >= 0.6 is 11.3 Å². The summed E-state index contributed by atoms with van der Waals surface area (Å²) < 4.78 is 36.4. The molecule has 0 spiro atoms. The van der Waals surface area contributed by atoms with Crippen molar-refractivity contribution in [2.45, 2.75) is 64.8 Å². The fourth-order valence-corrected chi connectivity index (χ4v) is 6.71. The first kappa shape index (κ1) is 28.2. The average Bonchev–Trinajstić information content (AvgIpc) is 3.19. The summed E-state index contributed by atoms with van der Waals surface area (Å²) in [6, 6.07) is 10.4. The zero-order valence-corrected chi connectivity index (χ0v) is 23.5. The van der Waals surface area contributed by atoms with Crippen molar-refractivity contribution in [2.75, 3.05) is 26.8 Å². The number of aromatic nitrogens is 1. The molecule has 0 aliphatic rings. The summed E-state index contributed by atoms with van der Waals surface area (Å²) in [5.74, 6) is -0.403. The highest BCUT2D eigenvalue weighted by Crippen LogP contribution is 2.24. The highest BCUT2D eigenvalue weighted by atomic mass is 32.2. The molecule has 1 heterocycles. The number of aryl methyl sites for hydroxylation is 2. The van der Waals surface area contributed by atoms with Crippen molar-refractivity contribution in [3.8, 4) is 0 Å². The van der Waals surface area contributed by atoms with Gasteiger partial charge in [0, 0.05) is 32.3 Å². The predicted octanol–water partition coefficient (Wildman–Crippen LogP) is 5.30. The van der Waals surface area contributed by atoms with Crippen molar-refractivity contribution in [1.82, 2.24) is 8.87 Å². The van der Waals surface area contributed by atoms with E-state index < -0.39 is 15.9 Å². The first-order valence-electron chi connectivity index (χ1n) is 12.5. The molecule has 0 aliphatic heterocycles. The normalized spacial score (nSPS) is 12.7. The van der Waals surface area contributed by atoms with Gasteiger partial charge < -0.3 is 9.30 Å². The van der Waals surface area contributed by atoms with Crippen molar-refractivity contribution in [3.05, 3.63) is 57.9 Å². The van der Waals surface area contributed by atoms with Gasteiger partial charge >= 0.3 is 0 Å². The van der Waals surface area contributed by atoms with Crippen LogP contribution in [0.5, 0.6) is 0 Å². The van der Waals surface area contributed by atoms with Crippen LogP contribution in [0.2, 0.25) is 0 Å². The number of unbranched alkanes of at least 4 members (excludes halogenated alkanes) is 2. The van der Waals surface area contributed by atoms with Crippen LogP contribution in [0, 0.1) is 13.8 Å². The zero-order chi connectivity index (χ0) is 26.3. The van der Waals surface area contributed by atoms with Gasteiger partial charge in [0.2, 0.25) is 10.0 Å². The van der Waals surface area contributed by atoms with Gasteiger partial charge in [-0.2, -0.15) is 9.30 Å². The lowest BCUT2D eigenvalue weighted by molar-refractivity contribution is 0.0997. The molecule has 0 atom stereocenters. The van der Waals surface area contributed by atoms with Crippen LogP contribution in [0.15, 0.2) is 46.3 Å².